The highest BCUT2D eigenvalue weighted by Gasteiger charge is 2.16. The van der Waals surface area contributed by atoms with E-state index in [1.54, 1.807) is 20.2 Å². The Morgan fingerprint density at radius 2 is 1.84 bits per heavy atom. The first-order valence-electron chi connectivity index (χ1n) is 7.87. The first-order chi connectivity index (χ1) is 12.0. The summed E-state index contributed by atoms with van der Waals surface area (Å²) in [7, 11) is 3.37. The second kappa shape index (κ2) is 7.17. The van der Waals surface area contributed by atoms with Crippen LogP contribution in [0.3, 0.4) is 0 Å². The molecule has 3 aromatic rings. The molecule has 0 saturated carbocycles. The van der Waals surface area contributed by atoms with Gasteiger partial charge in [-0.15, -0.1) is 0 Å². The van der Waals surface area contributed by atoms with Crippen molar-refractivity contribution in [1.29, 1.82) is 0 Å². The van der Waals surface area contributed by atoms with Crippen molar-refractivity contribution in [2.75, 3.05) is 20.7 Å². The molecule has 128 valence electrons. The maximum Gasteiger partial charge on any atom is 0.262 e. The minimum atomic E-state index is -0.124. The van der Waals surface area contributed by atoms with Gasteiger partial charge in [-0.25, -0.2) is 0 Å². The summed E-state index contributed by atoms with van der Waals surface area (Å²) in [6.45, 7) is 1.97. The number of aryl methyl sites for hydroxylation is 1. The largest absolute Gasteiger partial charge is 0.483 e. The number of amides is 1. The Bertz CT molecular complexity index is 870. The van der Waals surface area contributed by atoms with Gasteiger partial charge in [-0.3, -0.25) is 4.79 Å². The molecule has 0 bridgehead atoms. The third-order valence-corrected chi connectivity index (χ3v) is 3.70. The Kier molecular flexibility index (Phi) is 4.79. The summed E-state index contributed by atoms with van der Waals surface area (Å²) in [5.41, 5.74) is 2.69. The van der Waals surface area contributed by atoms with Gasteiger partial charge in [0.2, 0.25) is 5.82 Å². The molecule has 0 atom stereocenters. The normalized spacial score (nSPS) is 10.5. The first-order valence-corrected chi connectivity index (χ1v) is 7.87. The summed E-state index contributed by atoms with van der Waals surface area (Å²) in [5, 5.41) is 4.04. The van der Waals surface area contributed by atoms with Crippen LogP contribution in [0.5, 0.6) is 5.75 Å². The van der Waals surface area contributed by atoms with Crippen LogP contribution in [0.1, 0.15) is 5.56 Å². The molecule has 0 N–H and O–H groups in total. The number of para-hydroxylation sites is 1. The summed E-state index contributed by atoms with van der Waals surface area (Å²) >= 11 is 0. The minimum absolute atomic E-state index is 0.0526. The van der Waals surface area contributed by atoms with Crippen LogP contribution >= 0.6 is 0 Å². The lowest BCUT2D eigenvalue weighted by Crippen LogP contribution is -2.27. The maximum atomic E-state index is 11.7. The van der Waals surface area contributed by atoms with E-state index >= 15 is 0 Å². The summed E-state index contributed by atoms with van der Waals surface area (Å²) in [6.07, 6.45) is 0. The summed E-state index contributed by atoms with van der Waals surface area (Å²) in [4.78, 5) is 17.7. The SMILES string of the molecule is Cc1ccc(-c2noc(-c3ccccc3OCC(=O)N(C)C)n2)cc1. The van der Waals surface area contributed by atoms with E-state index in [9.17, 15) is 4.79 Å². The quantitative estimate of drug-likeness (QED) is 0.715. The number of ether oxygens (including phenoxy) is 1. The zero-order chi connectivity index (χ0) is 17.8. The molecule has 1 amide bonds. The Labute approximate surface area is 146 Å². The van der Waals surface area contributed by atoms with E-state index in [0.29, 0.717) is 23.0 Å². The van der Waals surface area contributed by atoms with Gasteiger partial charge in [0.25, 0.3) is 11.8 Å². The van der Waals surface area contributed by atoms with Crippen LogP contribution in [0.2, 0.25) is 0 Å². The zero-order valence-electron chi connectivity index (χ0n) is 14.4. The number of hydrogen-bond donors (Lipinski definition) is 0. The number of carbonyl (C=O) groups is 1. The van der Waals surface area contributed by atoms with Crippen LogP contribution in [-0.2, 0) is 4.79 Å². The van der Waals surface area contributed by atoms with E-state index < -0.39 is 0 Å². The van der Waals surface area contributed by atoms with Crippen LogP contribution in [0.15, 0.2) is 53.1 Å². The van der Waals surface area contributed by atoms with Gasteiger partial charge in [0.1, 0.15) is 5.75 Å². The second-order valence-corrected chi connectivity index (χ2v) is 5.86. The van der Waals surface area contributed by atoms with Crippen LogP contribution in [0.25, 0.3) is 22.8 Å². The summed E-state index contributed by atoms with van der Waals surface area (Å²) < 4.78 is 11.0. The maximum absolute atomic E-state index is 11.7. The Morgan fingerprint density at radius 3 is 2.56 bits per heavy atom. The molecule has 1 aromatic heterocycles. The van der Waals surface area contributed by atoms with Crippen LogP contribution < -0.4 is 4.74 Å². The fourth-order valence-electron chi connectivity index (χ4n) is 2.19. The monoisotopic (exact) mass is 337 g/mol. The molecule has 0 spiro atoms. The van der Waals surface area contributed by atoms with Crippen LogP contribution in [0, 0.1) is 6.92 Å². The number of benzene rings is 2. The Hall–Kier alpha value is -3.15. The molecule has 0 aliphatic carbocycles. The number of likely N-dealkylation sites (N-methyl/N-ethyl adjacent to an activating group) is 1. The molecule has 0 aliphatic heterocycles. The number of rotatable bonds is 5. The molecule has 6 nitrogen and oxygen atoms in total. The van der Waals surface area contributed by atoms with Gasteiger partial charge in [0.15, 0.2) is 6.61 Å². The van der Waals surface area contributed by atoms with E-state index in [0.717, 1.165) is 11.1 Å². The fraction of sp³-hybridized carbons (Fsp3) is 0.211. The molecular formula is C19H19N3O3. The molecule has 0 unspecified atom stereocenters. The molecule has 0 fully saturated rings. The zero-order valence-corrected chi connectivity index (χ0v) is 14.4. The van der Waals surface area contributed by atoms with Crippen LogP contribution in [-0.4, -0.2) is 41.6 Å². The van der Waals surface area contributed by atoms with E-state index in [-0.39, 0.29) is 12.5 Å². The highest BCUT2D eigenvalue weighted by molar-refractivity contribution is 5.77. The smallest absolute Gasteiger partial charge is 0.262 e. The number of carbonyl (C=O) groups excluding carboxylic acids is 1. The lowest BCUT2D eigenvalue weighted by molar-refractivity contribution is -0.130. The third kappa shape index (κ3) is 3.85. The molecule has 0 aliphatic rings. The molecule has 0 radical (unpaired) electrons. The van der Waals surface area contributed by atoms with Crippen molar-refractivity contribution >= 4 is 5.91 Å². The first kappa shape index (κ1) is 16.7. The number of aromatic nitrogens is 2. The molecule has 25 heavy (non-hydrogen) atoms. The van der Waals surface area contributed by atoms with E-state index in [2.05, 4.69) is 10.1 Å². The van der Waals surface area contributed by atoms with Gasteiger partial charge in [-0.2, -0.15) is 4.98 Å². The number of hydrogen-bond acceptors (Lipinski definition) is 5. The van der Waals surface area contributed by atoms with Crippen molar-refractivity contribution in [2.24, 2.45) is 0 Å². The van der Waals surface area contributed by atoms with E-state index in [4.69, 9.17) is 9.26 Å². The van der Waals surface area contributed by atoms with Gasteiger partial charge < -0.3 is 14.2 Å². The highest BCUT2D eigenvalue weighted by Crippen LogP contribution is 2.30. The predicted octanol–water partition coefficient (Wildman–Crippen LogP) is 3.18. The van der Waals surface area contributed by atoms with Gasteiger partial charge >= 0.3 is 0 Å². The van der Waals surface area contributed by atoms with Gasteiger partial charge in [0, 0.05) is 19.7 Å². The Morgan fingerprint density at radius 1 is 1.12 bits per heavy atom. The lowest BCUT2D eigenvalue weighted by Gasteiger charge is -2.12. The average Bonchev–Trinajstić information content (AvgIpc) is 3.10. The summed E-state index contributed by atoms with van der Waals surface area (Å²) in [6, 6.07) is 15.2. The number of nitrogens with zero attached hydrogens (tertiary/aromatic N) is 3. The van der Waals surface area contributed by atoms with Crippen molar-refractivity contribution < 1.29 is 14.1 Å². The third-order valence-electron chi connectivity index (χ3n) is 3.70. The fourth-order valence-corrected chi connectivity index (χ4v) is 2.19. The standard InChI is InChI=1S/C19H19N3O3/c1-13-8-10-14(11-9-13)18-20-19(25-21-18)15-6-4-5-7-16(15)24-12-17(23)22(2)3/h4-11H,12H2,1-3H3. The average molecular weight is 337 g/mol. The van der Waals surface area contributed by atoms with Gasteiger partial charge in [-0.05, 0) is 19.1 Å². The lowest BCUT2D eigenvalue weighted by atomic mass is 10.1. The van der Waals surface area contributed by atoms with Crippen molar-refractivity contribution in [3.8, 4) is 28.6 Å². The van der Waals surface area contributed by atoms with Crippen molar-refractivity contribution in [3.63, 3.8) is 0 Å². The van der Waals surface area contributed by atoms with Gasteiger partial charge in [-0.1, -0.05) is 47.1 Å². The topological polar surface area (TPSA) is 68.5 Å². The van der Waals surface area contributed by atoms with Crippen molar-refractivity contribution in [3.05, 3.63) is 54.1 Å². The molecule has 2 aromatic carbocycles. The predicted molar refractivity (Wildman–Crippen MR) is 94.1 cm³/mol. The van der Waals surface area contributed by atoms with E-state index in [1.165, 1.54) is 4.90 Å². The van der Waals surface area contributed by atoms with E-state index in [1.807, 2.05) is 49.4 Å². The van der Waals surface area contributed by atoms with Gasteiger partial charge in [0.05, 0.1) is 5.56 Å². The summed E-state index contributed by atoms with van der Waals surface area (Å²) in [5.74, 6) is 1.26. The molecular weight excluding hydrogens is 318 g/mol. The molecule has 3 rings (SSSR count). The molecule has 1 heterocycles. The Balaban J connectivity index is 1.85. The van der Waals surface area contributed by atoms with Crippen LogP contribution in [0.4, 0.5) is 0 Å². The second-order valence-electron chi connectivity index (χ2n) is 5.86. The molecule has 0 saturated heterocycles. The highest BCUT2D eigenvalue weighted by atomic mass is 16.5. The van der Waals surface area contributed by atoms with Crippen molar-refractivity contribution in [2.45, 2.75) is 6.92 Å². The molecule has 6 heteroatoms. The van der Waals surface area contributed by atoms with Crippen molar-refractivity contribution in [1.82, 2.24) is 15.0 Å². The minimum Gasteiger partial charge on any atom is -0.483 e.